The van der Waals surface area contributed by atoms with Crippen LogP contribution in [0.4, 0.5) is 0 Å². The van der Waals surface area contributed by atoms with Crippen molar-refractivity contribution in [2.45, 2.75) is 31.3 Å². The molecule has 2 aromatic carbocycles. The lowest BCUT2D eigenvalue weighted by molar-refractivity contribution is 0.571. The molecule has 0 amide bonds. The summed E-state index contributed by atoms with van der Waals surface area (Å²) >= 11 is 5.96. The molecule has 1 heterocycles. The molecule has 4 nitrogen and oxygen atoms in total. The van der Waals surface area contributed by atoms with E-state index in [9.17, 15) is 8.42 Å². The number of halogens is 1. The monoisotopic (exact) mass is 389 g/mol. The van der Waals surface area contributed by atoms with E-state index in [1.54, 1.807) is 18.2 Å². The van der Waals surface area contributed by atoms with Gasteiger partial charge in [-0.25, -0.2) is 13.4 Å². The van der Waals surface area contributed by atoms with Crippen LogP contribution in [0, 0.1) is 0 Å². The van der Waals surface area contributed by atoms with E-state index in [4.69, 9.17) is 16.0 Å². The lowest BCUT2D eigenvalue weighted by Gasteiger charge is -2.07. The highest BCUT2D eigenvalue weighted by Gasteiger charge is 2.17. The Morgan fingerprint density at radius 3 is 2.46 bits per heavy atom. The van der Waals surface area contributed by atoms with E-state index in [2.05, 4.69) is 18.8 Å². The first kappa shape index (κ1) is 18.7. The average molecular weight is 390 g/mol. The number of benzene rings is 2. The second-order valence-electron chi connectivity index (χ2n) is 6.58. The number of aromatic nitrogens is 1. The van der Waals surface area contributed by atoms with Gasteiger partial charge < -0.3 is 4.42 Å². The van der Waals surface area contributed by atoms with Crippen LogP contribution in [0.25, 0.3) is 11.5 Å². The van der Waals surface area contributed by atoms with E-state index in [0.717, 1.165) is 5.56 Å². The molecule has 26 heavy (non-hydrogen) atoms. The third kappa shape index (κ3) is 4.74. The van der Waals surface area contributed by atoms with Crippen LogP contribution in [0.1, 0.15) is 36.6 Å². The van der Waals surface area contributed by atoms with Gasteiger partial charge in [0, 0.05) is 10.6 Å². The number of rotatable bonds is 6. The summed E-state index contributed by atoms with van der Waals surface area (Å²) < 4.78 is 30.4. The lowest BCUT2D eigenvalue weighted by Crippen LogP contribution is -2.08. The first-order valence-corrected chi connectivity index (χ1v) is 10.5. The smallest absolute Gasteiger partial charge is 0.226 e. The zero-order valence-electron chi connectivity index (χ0n) is 14.6. The summed E-state index contributed by atoms with van der Waals surface area (Å²) in [6, 6.07) is 14.8. The van der Waals surface area contributed by atoms with E-state index in [-0.39, 0.29) is 11.5 Å². The highest BCUT2D eigenvalue weighted by atomic mass is 35.5. The van der Waals surface area contributed by atoms with Crippen molar-refractivity contribution in [3.8, 4) is 11.5 Å². The molecule has 1 aromatic heterocycles. The maximum absolute atomic E-state index is 12.5. The van der Waals surface area contributed by atoms with Crippen LogP contribution in [0.2, 0.25) is 5.02 Å². The largest absolute Gasteiger partial charge is 0.444 e. The van der Waals surface area contributed by atoms with Crippen molar-refractivity contribution in [1.82, 2.24) is 4.98 Å². The molecule has 0 spiro atoms. The first-order valence-electron chi connectivity index (χ1n) is 8.32. The highest BCUT2D eigenvalue weighted by Crippen LogP contribution is 2.23. The Hall–Kier alpha value is -2.11. The van der Waals surface area contributed by atoms with Crippen LogP contribution in [-0.4, -0.2) is 13.4 Å². The number of nitrogens with zero attached hydrogens (tertiary/aromatic N) is 1. The van der Waals surface area contributed by atoms with E-state index in [0.29, 0.717) is 28.1 Å². The summed E-state index contributed by atoms with van der Waals surface area (Å²) in [5.74, 6) is 0.591. The molecule has 0 aliphatic carbocycles. The minimum atomic E-state index is -3.35. The molecule has 0 aliphatic heterocycles. The molecule has 0 saturated carbocycles. The predicted molar refractivity (Wildman–Crippen MR) is 104 cm³/mol. The molecule has 0 fully saturated rings. The number of hydrogen-bond donors (Lipinski definition) is 0. The van der Waals surface area contributed by atoms with E-state index in [1.807, 2.05) is 30.3 Å². The van der Waals surface area contributed by atoms with Crippen LogP contribution in [0.3, 0.4) is 0 Å². The first-order chi connectivity index (χ1) is 12.3. The lowest BCUT2D eigenvalue weighted by atomic mass is 10.0. The minimum Gasteiger partial charge on any atom is -0.444 e. The molecular formula is C20H20ClNO3S. The third-order valence-electron chi connectivity index (χ3n) is 4.02. The molecule has 3 rings (SSSR count). The number of hydrogen-bond acceptors (Lipinski definition) is 4. The normalized spacial score (nSPS) is 11.8. The van der Waals surface area contributed by atoms with Gasteiger partial charge in [-0.3, -0.25) is 0 Å². The Balaban J connectivity index is 1.71. The van der Waals surface area contributed by atoms with Crippen LogP contribution >= 0.6 is 11.6 Å². The maximum Gasteiger partial charge on any atom is 0.226 e. The SMILES string of the molecule is CC(C)c1ccc(CS(=O)(=O)Cc2coc(-c3cccc(Cl)c3)n2)cc1. The highest BCUT2D eigenvalue weighted by molar-refractivity contribution is 7.89. The summed E-state index contributed by atoms with van der Waals surface area (Å²) in [6.45, 7) is 4.21. The Bertz CT molecular complexity index is 992. The van der Waals surface area contributed by atoms with Gasteiger partial charge in [0.25, 0.3) is 0 Å². The van der Waals surface area contributed by atoms with Crippen LogP contribution in [0.15, 0.2) is 59.2 Å². The summed E-state index contributed by atoms with van der Waals surface area (Å²) in [5.41, 5.74) is 3.06. The number of sulfone groups is 1. The molecule has 0 unspecified atom stereocenters. The molecule has 0 N–H and O–H groups in total. The van der Waals surface area contributed by atoms with Crippen LogP contribution in [-0.2, 0) is 21.3 Å². The number of oxazole rings is 1. The summed E-state index contributed by atoms with van der Waals surface area (Å²) in [6.07, 6.45) is 1.38. The van der Waals surface area contributed by atoms with Crippen molar-refractivity contribution in [1.29, 1.82) is 0 Å². The average Bonchev–Trinajstić information content (AvgIpc) is 3.02. The second-order valence-corrected chi connectivity index (χ2v) is 9.08. The van der Waals surface area contributed by atoms with E-state index < -0.39 is 9.84 Å². The summed E-state index contributed by atoms with van der Waals surface area (Å²) in [7, 11) is -3.35. The van der Waals surface area contributed by atoms with Crippen molar-refractivity contribution in [3.05, 3.63) is 76.6 Å². The van der Waals surface area contributed by atoms with Gasteiger partial charge in [-0.15, -0.1) is 0 Å². The van der Waals surface area contributed by atoms with E-state index in [1.165, 1.54) is 11.8 Å². The van der Waals surface area contributed by atoms with Gasteiger partial charge in [0.1, 0.15) is 6.26 Å². The van der Waals surface area contributed by atoms with Gasteiger partial charge in [0.15, 0.2) is 9.84 Å². The van der Waals surface area contributed by atoms with Crippen molar-refractivity contribution in [3.63, 3.8) is 0 Å². The Morgan fingerprint density at radius 2 is 1.81 bits per heavy atom. The van der Waals surface area contributed by atoms with Crippen LogP contribution < -0.4 is 0 Å². The molecule has 0 atom stereocenters. The van der Waals surface area contributed by atoms with E-state index >= 15 is 0 Å². The molecule has 0 bridgehead atoms. The Labute approximate surface area is 158 Å². The van der Waals surface area contributed by atoms with Gasteiger partial charge in [-0.1, -0.05) is 55.8 Å². The fourth-order valence-corrected chi connectivity index (χ4v) is 4.23. The summed E-state index contributed by atoms with van der Waals surface area (Å²) in [4.78, 5) is 4.28. The van der Waals surface area contributed by atoms with Crippen molar-refractivity contribution in [2.24, 2.45) is 0 Å². The molecule has 0 aliphatic rings. The molecule has 3 aromatic rings. The predicted octanol–water partition coefficient (Wildman–Crippen LogP) is 5.23. The fraction of sp³-hybridized carbons (Fsp3) is 0.250. The van der Waals surface area contributed by atoms with Gasteiger partial charge >= 0.3 is 0 Å². The fourth-order valence-electron chi connectivity index (χ4n) is 2.66. The second kappa shape index (κ2) is 7.64. The maximum atomic E-state index is 12.5. The van der Waals surface area contributed by atoms with Crippen molar-refractivity contribution in [2.75, 3.05) is 0 Å². The van der Waals surface area contributed by atoms with Gasteiger partial charge in [-0.05, 0) is 35.2 Å². The quantitative estimate of drug-likeness (QED) is 0.578. The van der Waals surface area contributed by atoms with Crippen molar-refractivity contribution < 1.29 is 12.8 Å². The topological polar surface area (TPSA) is 60.2 Å². The molecule has 6 heteroatoms. The van der Waals surface area contributed by atoms with Crippen molar-refractivity contribution >= 4 is 21.4 Å². The Kier molecular flexibility index (Phi) is 5.49. The third-order valence-corrected chi connectivity index (χ3v) is 5.77. The minimum absolute atomic E-state index is 0.0231. The van der Waals surface area contributed by atoms with Gasteiger partial charge in [0.2, 0.25) is 5.89 Å². The molecule has 0 saturated heterocycles. The Morgan fingerprint density at radius 1 is 1.08 bits per heavy atom. The van der Waals surface area contributed by atoms with Crippen LogP contribution in [0.5, 0.6) is 0 Å². The zero-order chi connectivity index (χ0) is 18.7. The molecular weight excluding hydrogens is 370 g/mol. The standard InChI is InChI=1S/C20H20ClNO3S/c1-14(2)16-8-6-15(7-9-16)12-26(23,24)13-19-11-25-20(22-19)17-4-3-5-18(21)10-17/h3-11,14H,12-13H2,1-2H3. The van der Waals surface area contributed by atoms with Gasteiger partial charge in [0.05, 0.1) is 17.2 Å². The molecule has 0 radical (unpaired) electrons. The summed E-state index contributed by atoms with van der Waals surface area (Å²) in [5, 5.41) is 0.569. The zero-order valence-corrected chi connectivity index (χ0v) is 16.2. The van der Waals surface area contributed by atoms with Gasteiger partial charge in [-0.2, -0.15) is 0 Å². The molecule has 136 valence electrons.